The van der Waals surface area contributed by atoms with E-state index in [1.165, 1.54) is 5.56 Å². The summed E-state index contributed by atoms with van der Waals surface area (Å²) in [4.78, 5) is 24.2. The first-order valence-electron chi connectivity index (χ1n) is 10.5. The van der Waals surface area contributed by atoms with E-state index >= 15 is 0 Å². The lowest BCUT2D eigenvalue weighted by atomic mass is 9.72. The lowest BCUT2D eigenvalue weighted by Gasteiger charge is -2.40. The number of hydrogen-bond donors (Lipinski definition) is 1. The van der Waals surface area contributed by atoms with Gasteiger partial charge in [0.1, 0.15) is 0 Å². The first-order valence-corrected chi connectivity index (χ1v) is 10.5. The third-order valence-electron chi connectivity index (χ3n) is 6.15. The Hall–Kier alpha value is -3.05. The molecular weight excluding hydrogens is 372 g/mol. The van der Waals surface area contributed by atoms with Gasteiger partial charge in [0.15, 0.2) is 0 Å². The Morgan fingerprint density at radius 2 is 1.83 bits per heavy atom. The zero-order valence-corrected chi connectivity index (χ0v) is 17.4. The summed E-state index contributed by atoms with van der Waals surface area (Å²) in [5.41, 5.74) is 4.13. The topological polar surface area (TPSA) is 58.1 Å². The number of hydrogen-bond acceptors (Lipinski definition) is 4. The molecular formula is C25H28N4O. The Kier molecular flexibility index (Phi) is 6.19. The lowest BCUT2D eigenvalue weighted by molar-refractivity contribution is -0.133. The fraction of sp³-hybridized carbons (Fsp3) is 0.320. The average Bonchev–Trinajstić information content (AvgIpc) is 2.81. The Labute approximate surface area is 178 Å². The number of benzene rings is 1. The highest BCUT2D eigenvalue weighted by molar-refractivity contribution is 5.83. The van der Waals surface area contributed by atoms with E-state index in [0.29, 0.717) is 0 Å². The van der Waals surface area contributed by atoms with Crippen molar-refractivity contribution in [1.82, 2.24) is 20.2 Å². The molecule has 0 aliphatic carbocycles. The zero-order chi connectivity index (χ0) is 20.8. The highest BCUT2D eigenvalue weighted by Crippen LogP contribution is 2.38. The van der Waals surface area contributed by atoms with Gasteiger partial charge in [-0.25, -0.2) is 0 Å². The fourth-order valence-electron chi connectivity index (χ4n) is 4.45. The minimum Gasteiger partial charge on any atom is -0.359 e. The highest BCUT2D eigenvalue weighted by Gasteiger charge is 2.41. The second-order valence-electron chi connectivity index (χ2n) is 8.03. The van der Waals surface area contributed by atoms with Crippen molar-refractivity contribution >= 4 is 5.91 Å². The van der Waals surface area contributed by atoms with Crippen molar-refractivity contribution in [2.24, 2.45) is 5.41 Å². The first kappa shape index (κ1) is 20.2. The molecule has 0 atom stereocenters. The number of aromatic nitrogens is 2. The molecule has 1 fully saturated rings. The maximum absolute atomic E-state index is 13.1. The van der Waals surface area contributed by atoms with Crippen LogP contribution in [-0.2, 0) is 17.8 Å². The van der Waals surface area contributed by atoms with Crippen LogP contribution in [0.25, 0.3) is 11.1 Å². The summed E-state index contributed by atoms with van der Waals surface area (Å²) >= 11 is 0. The van der Waals surface area contributed by atoms with Crippen LogP contribution in [0.3, 0.4) is 0 Å². The maximum Gasteiger partial charge on any atom is 0.226 e. The molecule has 0 unspecified atom stereocenters. The van der Waals surface area contributed by atoms with E-state index in [2.05, 4.69) is 50.5 Å². The summed E-state index contributed by atoms with van der Waals surface area (Å²) < 4.78 is 0. The molecule has 0 saturated carbocycles. The molecule has 154 valence electrons. The van der Waals surface area contributed by atoms with Crippen molar-refractivity contribution in [2.45, 2.75) is 25.8 Å². The van der Waals surface area contributed by atoms with E-state index in [1.54, 1.807) is 13.2 Å². The molecule has 5 heteroatoms. The third-order valence-corrected chi connectivity index (χ3v) is 6.15. The van der Waals surface area contributed by atoms with Gasteiger partial charge in [0.25, 0.3) is 0 Å². The standard InChI is InChI=1S/C25H28N4O/c1-26-24(30)25(11-15-29(16-12-25)19-22-9-4-5-14-28-22)17-20-7-2-3-10-23(20)21-8-6-13-27-18-21/h2-10,13-14,18H,11-12,15-17,19H2,1H3,(H,26,30). The van der Waals surface area contributed by atoms with Crippen LogP contribution < -0.4 is 5.32 Å². The van der Waals surface area contributed by atoms with Crippen LogP contribution in [0.5, 0.6) is 0 Å². The van der Waals surface area contributed by atoms with E-state index in [1.807, 2.05) is 36.7 Å². The van der Waals surface area contributed by atoms with Gasteiger partial charge in [-0.2, -0.15) is 0 Å². The monoisotopic (exact) mass is 400 g/mol. The van der Waals surface area contributed by atoms with Crippen LogP contribution in [0.15, 0.2) is 73.2 Å². The van der Waals surface area contributed by atoms with Crippen LogP contribution in [0.4, 0.5) is 0 Å². The summed E-state index contributed by atoms with van der Waals surface area (Å²) in [6.45, 7) is 2.61. The van der Waals surface area contributed by atoms with Gasteiger partial charge in [0, 0.05) is 37.7 Å². The van der Waals surface area contributed by atoms with E-state index < -0.39 is 5.41 Å². The van der Waals surface area contributed by atoms with Crippen molar-refractivity contribution in [1.29, 1.82) is 0 Å². The quantitative estimate of drug-likeness (QED) is 0.685. The molecule has 1 aliphatic heterocycles. The number of pyridine rings is 2. The molecule has 0 bridgehead atoms. The van der Waals surface area contributed by atoms with Gasteiger partial charge >= 0.3 is 0 Å². The Balaban J connectivity index is 1.54. The van der Waals surface area contributed by atoms with Gasteiger partial charge in [-0.1, -0.05) is 36.4 Å². The summed E-state index contributed by atoms with van der Waals surface area (Å²) in [5, 5.41) is 2.94. The van der Waals surface area contributed by atoms with E-state index in [-0.39, 0.29) is 5.91 Å². The number of carbonyl (C=O) groups excluding carboxylic acids is 1. The van der Waals surface area contributed by atoms with Crippen LogP contribution in [-0.4, -0.2) is 40.9 Å². The van der Waals surface area contributed by atoms with Crippen molar-refractivity contribution in [3.8, 4) is 11.1 Å². The molecule has 1 N–H and O–H groups in total. The van der Waals surface area contributed by atoms with Gasteiger partial charge in [0.2, 0.25) is 5.91 Å². The number of carbonyl (C=O) groups is 1. The molecule has 1 saturated heterocycles. The van der Waals surface area contributed by atoms with Gasteiger partial charge in [-0.15, -0.1) is 0 Å². The SMILES string of the molecule is CNC(=O)C1(Cc2ccccc2-c2cccnc2)CCN(Cc2ccccn2)CC1. The molecule has 3 aromatic rings. The molecule has 1 aliphatic rings. The molecule has 4 rings (SSSR count). The molecule has 3 heterocycles. The normalized spacial score (nSPS) is 16.2. The summed E-state index contributed by atoms with van der Waals surface area (Å²) in [6, 6.07) is 18.4. The maximum atomic E-state index is 13.1. The first-order chi connectivity index (χ1) is 14.7. The smallest absolute Gasteiger partial charge is 0.226 e. The van der Waals surface area contributed by atoms with E-state index in [4.69, 9.17) is 0 Å². The van der Waals surface area contributed by atoms with Gasteiger partial charge in [-0.05, 0) is 61.7 Å². The number of amides is 1. The Morgan fingerprint density at radius 3 is 2.53 bits per heavy atom. The van der Waals surface area contributed by atoms with Crippen molar-refractivity contribution in [2.75, 3.05) is 20.1 Å². The minimum atomic E-state index is -0.395. The third kappa shape index (κ3) is 4.41. The molecule has 0 spiro atoms. The summed E-state index contributed by atoms with van der Waals surface area (Å²) in [5.74, 6) is 0.140. The predicted molar refractivity (Wildman–Crippen MR) is 119 cm³/mol. The molecule has 2 aromatic heterocycles. The van der Waals surface area contributed by atoms with Crippen LogP contribution in [0.2, 0.25) is 0 Å². The molecule has 1 aromatic carbocycles. The van der Waals surface area contributed by atoms with E-state index in [0.717, 1.165) is 55.7 Å². The number of nitrogens with one attached hydrogen (secondary N) is 1. The summed E-state index contributed by atoms with van der Waals surface area (Å²) in [6.07, 6.45) is 7.91. The van der Waals surface area contributed by atoms with E-state index in [9.17, 15) is 4.79 Å². The van der Waals surface area contributed by atoms with Crippen LogP contribution in [0, 0.1) is 5.41 Å². The fourth-order valence-corrected chi connectivity index (χ4v) is 4.45. The van der Waals surface area contributed by atoms with Crippen LogP contribution >= 0.6 is 0 Å². The predicted octanol–water partition coefficient (Wildman–Crippen LogP) is 3.71. The number of nitrogens with zero attached hydrogens (tertiary/aromatic N) is 3. The molecule has 30 heavy (non-hydrogen) atoms. The Morgan fingerprint density at radius 1 is 1.03 bits per heavy atom. The molecule has 0 radical (unpaired) electrons. The summed E-state index contributed by atoms with van der Waals surface area (Å²) in [7, 11) is 1.75. The largest absolute Gasteiger partial charge is 0.359 e. The zero-order valence-electron chi connectivity index (χ0n) is 17.4. The van der Waals surface area contributed by atoms with Crippen molar-refractivity contribution in [3.05, 3.63) is 84.4 Å². The average molecular weight is 401 g/mol. The second-order valence-corrected chi connectivity index (χ2v) is 8.03. The highest BCUT2D eigenvalue weighted by atomic mass is 16.2. The van der Waals surface area contributed by atoms with Gasteiger partial charge < -0.3 is 5.32 Å². The second kappa shape index (κ2) is 9.18. The Bertz CT molecular complexity index is 967. The van der Waals surface area contributed by atoms with Gasteiger partial charge in [0.05, 0.1) is 11.1 Å². The van der Waals surface area contributed by atoms with Gasteiger partial charge in [-0.3, -0.25) is 19.7 Å². The molecule has 5 nitrogen and oxygen atoms in total. The molecule has 1 amide bonds. The number of likely N-dealkylation sites (tertiary alicyclic amines) is 1. The minimum absolute atomic E-state index is 0.140. The number of piperidine rings is 1. The number of rotatable bonds is 6. The van der Waals surface area contributed by atoms with Crippen molar-refractivity contribution in [3.63, 3.8) is 0 Å². The lowest BCUT2D eigenvalue weighted by Crippen LogP contribution is -2.49. The van der Waals surface area contributed by atoms with Crippen molar-refractivity contribution < 1.29 is 4.79 Å². The van der Waals surface area contributed by atoms with Crippen LogP contribution in [0.1, 0.15) is 24.1 Å².